The van der Waals surface area contributed by atoms with E-state index in [1.165, 1.54) is 44.9 Å². The lowest BCUT2D eigenvalue weighted by atomic mass is 10.0. The highest BCUT2D eigenvalue weighted by Crippen LogP contribution is 2.28. The van der Waals surface area contributed by atoms with Crippen LogP contribution in [-0.2, 0) is 4.74 Å². The van der Waals surface area contributed by atoms with Crippen LogP contribution in [0.15, 0.2) is 6.07 Å². The summed E-state index contributed by atoms with van der Waals surface area (Å²) in [7, 11) is 0. The topological polar surface area (TPSA) is 65.5 Å². The van der Waals surface area contributed by atoms with Crippen LogP contribution in [0.2, 0.25) is 0 Å². The van der Waals surface area contributed by atoms with E-state index < -0.39 is 0 Å². The van der Waals surface area contributed by atoms with Gasteiger partial charge in [0.2, 0.25) is 5.95 Å². The molecule has 0 radical (unpaired) electrons. The molecule has 0 aromatic carbocycles. The number of thiocarbonyl (C=S) groups is 1. The van der Waals surface area contributed by atoms with Gasteiger partial charge in [0.1, 0.15) is 11.6 Å². The first kappa shape index (κ1) is 21.6. The summed E-state index contributed by atoms with van der Waals surface area (Å²) >= 11 is 5.53. The van der Waals surface area contributed by atoms with Crippen LogP contribution in [0.3, 0.4) is 0 Å². The van der Waals surface area contributed by atoms with E-state index in [1.54, 1.807) is 0 Å². The van der Waals surface area contributed by atoms with Gasteiger partial charge in [-0.1, -0.05) is 12.8 Å². The van der Waals surface area contributed by atoms with Gasteiger partial charge >= 0.3 is 0 Å². The van der Waals surface area contributed by atoms with Crippen LogP contribution in [-0.4, -0.2) is 60.0 Å². The number of hydrogen-bond donors (Lipinski definition) is 2. The summed E-state index contributed by atoms with van der Waals surface area (Å²) in [6.07, 6.45) is 11.3. The fraction of sp³-hybridized carbons (Fsp3) is 0.773. The van der Waals surface area contributed by atoms with Crippen molar-refractivity contribution in [3.05, 3.63) is 6.07 Å². The molecule has 3 saturated heterocycles. The maximum atomic E-state index is 5.68. The van der Waals surface area contributed by atoms with Gasteiger partial charge in [0.05, 0.1) is 6.10 Å². The van der Waals surface area contributed by atoms with Gasteiger partial charge in [-0.15, -0.1) is 0 Å². The Labute approximate surface area is 186 Å². The second-order valence-corrected chi connectivity index (χ2v) is 9.23. The third kappa shape index (κ3) is 5.72. The monoisotopic (exact) mass is 432 g/mol. The Balaban J connectivity index is 1.50. The molecule has 4 heterocycles. The molecule has 3 fully saturated rings. The van der Waals surface area contributed by atoms with E-state index in [9.17, 15) is 0 Å². The van der Waals surface area contributed by atoms with Crippen molar-refractivity contribution in [1.29, 1.82) is 0 Å². The first-order valence-electron chi connectivity index (χ1n) is 11.8. The van der Waals surface area contributed by atoms with Crippen LogP contribution in [0.25, 0.3) is 0 Å². The second-order valence-electron chi connectivity index (χ2n) is 8.82. The summed E-state index contributed by atoms with van der Waals surface area (Å²) in [6.45, 7) is 7.06. The predicted octanol–water partition coefficient (Wildman–Crippen LogP) is 3.70. The molecule has 4 rings (SSSR count). The van der Waals surface area contributed by atoms with Gasteiger partial charge in [0.15, 0.2) is 5.11 Å². The number of piperidine rings is 1. The minimum atomic E-state index is 0.249. The third-order valence-electron chi connectivity index (χ3n) is 6.47. The highest BCUT2D eigenvalue weighted by molar-refractivity contribution is 7.80. The van der Waals surface area contributed by atoms with Gasteiger partial charge in [0.25, 0.3) is 0 Å². The average Bonchev–Trinajstić information content (AvgIpc) is 3.12. The van der Waals surface area contributed by atoms with Gasteiger partial charge in [-0.05, 0) is 64.1 Å². The maximum Gasteiger partial charge on any atom is 0.232 e. The number of aromatic nitrogens is 2. The SMILES string of the molecule is C[C@@H]1CCCCN1c1cc(N2CCCCCC2)nc(NC(=S)NC[C@H]2CCCO2)n1. The summed E-state index contributed by atoms with van der Waals surface area (Å²) in [5, 5.41) is 7.09. The van der Waals surface area contributed by atoms with Crippen molar-refractivity contribution in [2.45, 2.75) is 76.9 Å². The molecule has 30 heavy (non-hydrogen) atoms. The molecule has 7 nitrogen and oxygen atoms in total. The molecular weight excluding hydrogens is 396 g/mol. The van der Waals surface area contributed by atoms with E-state index in [0.717, 1.165) is 57.3 Å². The molecule has 8 heteroatoms. The van der Waals surface area contributed by atoms with E-state index in [0.29, 0.717) is 17.1 Å². The highest BCUT2D eigenvalue weighted by Gasteiger charge is 2.23. The van der Waals surface area contributed by atoms with Crippen molar-refractivity contribution in [3.63, 3.8) is 0 Å². The zero-order valence-corrected chi connectivity index (χ0v) is 19.1. The quantitative estimate of drug-likeness (QED) is 0.683. The van der Waals surface area contributed by atoms with Crippen molar-refractivity contribution >= 4 is 34.9 Å². The van der Waals surface area contributed by atoms with E-state index in [1.807, 2.05) is 0 Å². The molecule has 0 aliphatic carbocycles. The Hall–Kier alpha value is -1.67. The van der Waals surface area contributed by atoms with Crippen LogP contribution in [0.1, 0.15) is 64.7 Å². The molecule has 2 N–H and O–H groups in total. The maximum absolute atomic E-state index is 5.68. The minimum Gasteiger partial charge on any atom is -0.376 e. The smallest absolute Gasteiger partial charge is 0.232 e. The van der Waals surface area contributed by atoms with E-state index in [4.69, 9.17) is 26.9 Å². The van der Waals surface area contributed by atoms with Crippen molar-refractivity contribution < 1.29 is 4.74 Å². The second kappa shape index (κ2) is 10.6. The van der Waals surface area contributed by atoms with E-state index in [-0.39, 0.29) is 6.10 Å². The first-order chi connectivity index (χ1) is 14.7. The number of rotatable bonds is 5. The van der Waals surface area contributed by atoms with Gasteiger partial charge in [-0.2, -0.15) is 9.97 Å². The predicted molar refractivity (Wildman–Crippen MR) is 127 cm³/mol. The van der Waals surface area contributed by atoms with E-state index >= 15 is 0 Å². The zero-order chi connectivity index (χ0) is 20.8. The third-order valence-corrected chi connectivity index (χ3v) is 6.71. The first-order valence-corrected chi connectivity index (χ1v) is 12.2. The zero-order valence-electron chi connectivity index (χ0n) is 18.2. The number of hydrogen-bond acceptors (Lipinski definition) is 6. The van der Waals surface area contributed by atoms with Crippen molar-refractivity contribution in [3.8, 4) is 0 Å². The Morgan fingerprint density at radius 2 is 1.80 bits per heavy atom. The van der Waals surface area contributed by atoms with Gasteiger partial charge in [-0.3, -0.25) is 0 Å². The summed E-state index contributed by atoms with van der Waals surface area (Å²) in [6, 6.07) is 2.68. The largest absolute Gasteiger partial charge is 0.376 e. The van der Waals surface area contributed by atoms with Crippen LogP contribution in [0.4, 0.5) is 17.6 Å². The molecule has 0 bridgehead atoms. The molecule has 0 unspecified atom stereocenters. The van der Waals surface area contributed by atoms with Crippen molar-refractivity contribution in [2.75, 3.05) is 47.9 Å². The van der Waals surface area contributed by atoms with Crippen LogP contribution < -0.4 is 20.4 Å². The minimum absolute atomic E-state index is 0.249. The Morgan fingerprint density at radius 3 is 2.53 bits per heavy atom. The fourth-order valence-corrected chi connectivity index (χ4v) is 4.86. The number of nitrogens with zero attached hydrogens (tertiary/aromatic N) is 4. The Morgan fingerprint density at radius 1 is 1.03 bits per heavy atom. The molecule has 166 valence electrons. The molecule has 2 atom stereocenters. The summed E-state index contributed by atoms with van der Waals surface area (Å²) in [5.74, 6) is 2.62. The normalized spacial score (nSPS) is 25.1. The van der Waals surface area contributed by atoms with E-state index in [2.05, 4.69) is 33.4 Å². The summed E-state index contributed by atoms with van der Waals surface area (Å²) in [4.78, 5) is 14.6. The lowest BCUT2D eigenvalue weighted by molar-refractivity contribution is 0.114. The average molecular weight is 433 g/mol. The number of ether oxygens (including phenoxy) is 1. The summed E-state index contributed by atoms with van der Waals surface area (Å²) in [5.41, 5.74) is 0. The molecular formula is C22H36N6OS. The van der Waals surface area contributed by atoms with Crippen LogP contribution in [0.5, 0.6) is 0 Å². The number of anilines is 3. The van der Waals surface area contributed by atoms with Crippen LogP contribution >= 0.6 is 12.2 Å². The van der Waals surface area contributed by atoms with Gasteiger partial charge < -0.3 is 25.2 Å². The summed E-state index contributed by atoms with van der Waals surface area (Å²) < 4.78 is 5.68. The Kier molecular flexibility index (Phi) is 7.60. The number of nitrogens with one attached hydrogen (secondary N) is 2. The molecule has 0 saturated carbocycles. The highest BCUT2D eigenvalue weighted by atomic mass is 32.1. The molecule has 1 aromatic heterocycles. The lowest BCUT2D eigenvalue weighted by Crippen LogP contribution is -2.39. The molecule has 3 aliphatic rings. The molecule has 0 spiro atoms. The van der Waals surface area contributed by atoms with Crippen molar-refractivity contribution in [1.82, 2.24) is 15.3 Å². The van der Waals surface area contributed by atoms with Gasteiger partial charge in [-0.25, -0.2) is 0 Å². The molecule has 1 aromatic rings. The Bertz CT molecular complexity index is 703. The van der Waals surface area contributed by atoms with Crippen LogP contribution in [0, 0.1) is 0 Å². The fourth-order valence-electron chi connectivity index (χ4n) is 4.68. The standard InChI is InChI=1S/C22H36N6OS/c1-17-9-4-7-13-28(17)20-15-19(27-11-5-2-3-6-12-27)24-21(25-20)26-22(30)23-16-18-10-8-14-29-18/h15,17-18H,2-14,16H2,1H3,(H2,23,24,25,26,30)/t17-,18-/m1/s1. The molecule has 3 aliphatic heterocycles. The molecule has 0 amide bonds. The van der Waals surface area contributed by atoms with Gasteiger partial charge in [0, 0.05) is 44.9 Å². The van der Waals surface area contributed by atoms with Crippen molar-refractivity contribution in [2.24, 2.45) is 0 Å². The lowest BCUT2D eigenvalue weighted by Gasteiger charge is -2.35.